The van der Waals surface area contributed by atoms with Crippen LogP contribution in [0.3, 0.4) is 0 Å². The Labute approximate surface area is 110 Å². The van der Waals surface area contributed by atoms with Gasteiger partial charge in [0.2, 0.25) is 0 Å². The SMILES string of the molecule is OCC1(c2cc(Cl)c(Cl)cc2O)CCNCC1. The Morgan fingerprint density at radius 1 is 1.18 bits per heavy atom. The number of hydrogen-bond donors (Lipinski definition) is 3. The molecule has 1 saturated heterocycles. The Morgan fingerprint density at radius 2 is 1.76 bits per heavy atom. The van der Waals surface area contributed by atoms with Gasteiger partial charge in [-0.2, -0.15) is 0 Å². The third kappa shape index (κ3) is 2.38. The molecule has 94 valence electrons. The van der Waals surface area contributed by atoms with Crippen molar-refractivity contribution in [3.63, 3.8) is 0 Å². The number of hydrogen-bond acceptors (Lipinski definition) is 3. The average molecular weight is 276 g/mol. The van der Waals surface area contributed by atoms with Crippen LogP contribution in [0.4, 0.5) is 0 Å². The van der Waals surface area contributed by atoms with Crippen molar-refractivity contribution in [3.05, 3.63) is 27.7 Å². The van der Waals surface area contributed by atoms with Crippen LogP contribution in [0.1, 0.15) is 18.4 Å². The summed E-state index contributed by atoms with van der Waals surface area (Å²) in [7, 11) is 0. The fraction of sp³-hybridized carbons (Fsp3) is 0.500. The Hall–Kier alpha value is -0.480. The number of rotatable bonds is 2. The smallest absolute Gasteiger partial charge is 0.121 e. The van der Waals surface area contributed by atoms with Gasteiger partial charge in [-0.05, 0) is 32.0 Å². The lowest BCUT2D eigenvalue weighted by Gasteiger charge is -2.37. The molecule has 0 unspecified atom stereocenters. The standard InChI is InChI=1S/C12H15Cl2NO2/c13-9-5-8(11(17)6-10(9)14)12(7-16)1-3-15-4-2-12/h5-6,15-17H,1-4,7H2. The first-order chi connectivity index (χ1) is 8.09. The van der Waals surface area contributed by atoms with Gasteiger partial charge in [-0.1, -0.05) is 23.2 Å². The minimum Gasteiger partial charge on any atom is -0.508 e. The molecule has 0 spiro atoms. The zero-order chi connectivity index (χ0) is 12.5. The molecule has 1 aliphatic rings. The molecule has 0 aliphatic carbocycles. The summed E-state index contributed by atoms with van der Waals surface area (Å²) in [5, 5.41) is 23.6. The molecule has 1 fully saturated rings. The Morgan fingerprint density at radius 3 is 2.35 bits per heavy atom. The second kappa shape index (κ2) is 5.02. The maximum atomic E-state index is 9.99. The molecule has 17 heavy (non-hydrogen) atoms. The number of aliphatic hydroxyl groups excluding tert-OH is 1. The maximum absolute atomic E-state index is 9.99. The van der Waals surface area contributed by atoms with Crippen LogP contribution in [-0.4, -0.2) is 29.9 Å². The van der Waals surface area contributed by atoms with Gasteiger partial charge >= 0.3 is 0 Å². The van der Waals surface area contributed by atoms with Crippen molar-refractivity contribution in [1.82, 2.24) is 5.32 Å². The lowest BCUT2D eigenvalue weighted by molar-refractivity contribution is 0.155. The lowest BCUT2D eigenvalue weighted by Crippen LogP contribution is -2.42. The third-order valence-corrected chi connectivity index (χ3v) is 4.20. The van der Waals surface area contributed by atoms with Gasteiger partial charge in [-0.25, -0.2) is 0 Å². The molecule has 0 amide bonds. The Balaban J connectivity index is 2.46. The zero-order valence-corrected chi connectivity index (χ0v) is 10.9. The maximum Gasteiger partial charge on any atom is 0.121 e. The molecule has 1 aromatic carbocycles. The summed E-state index contributed by atoms with van der Waals surface area (Å²) in [5.74, 6) is 0.107. The van der Waals surface area contributed by atoms with E-state index in [4.69, 9.17) is 23.2 Å². The topological polar surface area (TPSA) is 52.5 Å². The van der Waals surface area contributed by atoms with Crippen molar-refractivity contribution in [2.75, 3.05) is 19.7 Å². The van der Waals surface area contributed by atoms with E-state index in [1.54, 1.807) is 6.07 Å². The van der Waals surface area contributed by atoms with Crippen molar-refractivity contribution in [1.29, 1.82) is 0 Å². The highest BCUT2D eigenvalue weighted by Crippen LogP contribution is 2.41. The quantitative estimate of drug-likeness (QED) is 0.777. The number of halogens is 2. The monoisotopic (exact) mass is 275 g/mol. The van der Waals surface area contributed by atoms with Gasteiger partial charge < -0.3 is 15.5 Å². The van der Waals surface area contributed by atoms with Gasteiger partial charge in [0.05, 0.1) is 16.7 Å². The van der Waals surface area contributed by atoms with Gasteiger partial charge in [-0.15, -0.1) is 0 Å². The van der Waals surface area contributed by atoms with Gasteiger partial charge in [-0.3, -0.25) is 0 Å². The van der Waals surface area contributed by atoms with E-state index < -0.39 is 5.41 Å². The summed E-state index contributed by atoms with van der Waals surface area (Å²) < 4.78 is 0. The summed E-state index contributed by atoms with van der Waals surface area (Å²) in [6, 6.07) is 3.11. The molecule has 0 radical (unpaired) electrons. The van der Waals surface area contributed by atoms with E-state index in [9.17, 15) is 10.2 Å². The molecule has 1 aliphatic heterocycles. The van der Waals surface area contributed by atoms with E-state index in [1.165, 1.54) is 6.07 Å². The van der Waals surface area contributed by atoms with Crippen molar-refractivity contribution in [2.45, 2.75) is 18.3 Å². The summed E-state index contributed by atoms with van der Waals surface area (Å²) in [4.78, 5) is 0. The van der Waals surface area contributed by atoms with Crippen LogP contribution in [0, 0.1) is 0 Å². The number of aromatic hydroxyl groups is 1. The van der Waals surface area contributed by atoms with Crippen LogP contribution < -0.4 is 5.32 Å². The van der Waals surface area contributed by atoms with Gasteiger partial charge in [0.25, 0.3) is 0 Å². The van der Waals surface area contributed by atoms with E-state index >= 15 is 0 Å². The highest BCUT2D eigenvalue weighted by Gasteiger charge is 2.35. The van der Waals surface area contributed by atoms with Crippen LogP contribution in [0.15, 0.2) is 12.1 Å². The number of phenolic OH excluding ortho intramolecular Hbond substituents is 1. The minimum atomic E-state index is -0.413. The van der Waals surface area contributed by atoms with E-state index in [1.807, 2.05) is 0 Å². The normalized spacial score (nSPS) is 19.2. The Bertz CT molecular complexity index is 417. The number of nitrogens with one attached hydrogen (secondary N) is 1. The van der Waals surface area contributed by atoms with Crippen molar-refractivity contribution >= 4 is 23.2 Å². The fourth-order valence-corrected chi connectivity index (χ4v) is 2.70. The molecule has 1 heterocycles. The van der Waals surface area contributed by atoms with Crippen molar-refractivity contribution < 1.29 is 10.2 Å². The van der Waals surface area contributed by atoms with Crippen LogP contribution >= 0.6 is 23.2 Å². The molecule has 0 saturated carbocycles. The van der Waals surface area contributed by atoms with Crippen LogP contribution in [-0.2, 0) is 5.41 Å². The predicted octanol–water partition coefficient (Wildman–Crippen LogP) is 2.31. The summed E-state index contributed by atoms with van der Waals surface area (Å²) >= 11 is 11.8. The first kappa shape index (κ1) is 13.0. The van der Waals surface area contributed by atoms with Gasteiger partial charge in [0.1, 0.15) is 5.75 Å². The second-order valence-electron chi connectivity index (χ2n) is 4.47. The van der Waals surface area contributed by atoms with Crippen LogP contribution in [0.5, 0.6) is 5.75 Å². The molecule has 3 nitrogen and oxygen atoms in total. The molecule has 0 aromatic heterocycles. The van der Waals surface area contributed by atoms with E-state index in [-0.39, 0.29) is 12.4 Å². The molecule has 0 bridgehead atoms. The Kier molecular flexibility index (Phi) is 3.83. The van der Waals surface area contributed by atoms with Gasteiger partial charge in [0, 0.05) is 17.0 Å². The molecule has 3 N–H and O–H groups in total. The number of piperidine rings is 1. The zero-order valence-electron chi connectivity index (χ0n) is 9.34. The lowest BCUT2D eigenvalue weighted by atomic mass is 9.73. The fourth-order valence-electron chi connectivity index (χ4n) is 2.38. The van der Waals surface area contributed by atoms with Gasteiger partial charge in [0.15, 0.2) is 0 Å². The first-order valence-electron chi connectivity index (χ1n) is 5.59. The third-order valence-electron chi connectivity index (χ3n) is 3.47. The molecule has 0 atom stereocenters. The largest absolute Gasteiger partial charge is 0.508 e. The molecular weight excluding hydrogens is 261 g/mol. The number of benzene rings is 1. The summed E-state index contributed by atoms with van der Waals surface area (Å²) in [5.41, 5.74) is 0.278. The van der Waals surface area contributed by atoms with E-state index in [2.05, 4.69) is 5.32 Å². The second-order valence-corrected chi connectivity index (χ2v) is 5.29. The summed E-state index contributed by atoms with van der Waals surface area (Å²) in [6.07, 6.45) is 1.55. The first-order valence-corrected chi connectivity index (χ1v) is 6.35. The minimum absolute atomic E-state index is 0.000200. The molecule has 2 rings (SSSR count). The summed E-state index contributed by atoms with van der Waals surface area (Å²) in [6.45, 7) is 1.64. The average Bonchev–Trinajstić information content (AvgIpc) is 2.34. The highest BCUT2D eigenvalue weighted by molar-refractivity contribution is 6.42. The predicted molar refractivity (Wildman–Crippen MR) is 69.0 cm³/mol. The highest BCUT2D eigenvalue weighted by atomic mass is 35.5. The number of aliphatic hydroxyl groups is 1. The number of phenols is 1. The molecule has 5 heteroatoms. The van der Waals surface area contributed by atoms with E-state index in [0.717, 1.165) is 25.9 Å². The molecule has 1 aromatic rings. The van der Waals surface area contributed by atoms with Crippen LogP contribution in [0.2, 0.25) is 10.0 Å². The molecular formula is C12H15Cl2NO2. The van der Waals surface area contributed by atoms with Crippen molar-refractivity contribution in [2.24, 2.45) is 0 Å². The van der Waals surface area contributed by atoms with Crippen LogP contribution in [0.25, 0.3) is 0 Å². The van der Waals surface area contributed by atoms with E-state index in [0.29, 0.717) is 15.6 Å². The van der Waals surface area contributed by atoms with Crippen molar-refractivity contribution in [3.8, 4) is 5.75 Å².